The van der Waals surface area contributed by atoms with E-state index in [0.717, 1.165) is 11.4 Å². The maximum Gasteiger partial charge on any atom is 0.0641 e. The van der Waals surface area contributed by atoms with E-state index in [2.05, 4.69) is 228 Å². The molecule has 4 heterocycles. The summed E-state index contributed by atoms with van der Waals surface area (Å²) >= 11 is 3.81. The molecule has 0 N–H and O–H groups in total. The second-order valence-corrected chi connectivity index (χ2v) is 18.9. The van der Waals surface area contributed by atoms with Gasteiger partial charge in [-0.05, 0) is 82.9 Å². The first-order valence-electron chi connectivity index (χ1n) is 21.8. The van der Waals surface area contributed by atoms with Gasteiger partial charge in [-0.3, -0.25) is 0 Å². The maximum absolute atomic E-state index is 2.54. The number of hydrogen-bond acceptors (Lipinski definition) is 2. The van der Waals surface area contributed by atoms with Crippen LogP contribution in [0.4, 0.5) is 0 Å². The van der Waals surface area contributed by atoms with Gasteiger partial charge in [-0.1, -0.05) is 158 Å². The van der Waals surface area contributed by atoms with Crippen LogP contribution in [-0.2, 0) is 0 Å². The minimum absolute atomic E-state index is 1.15. The Bertz CT molecular complexity index is 4170. The number of hydrogen-bond donors (Lipinski definition) is 0. The first kappa shape index (κ1) is 35.8. The standard InChI is InChI=1S/C60H36N2S2/c1-3-13-37(14-4-1)39-25-28-41(29-26-39)61-52-23-9-7-18-49(52)57-54(61)33-31-44-50-35-40(38-15-5-2-6-16-38)27-32-53(50)62(58(44)57)42-30-34-56-51(36-42)48-22-12-21-47(60(48)64-56)46-20-11-19-45-43-17-8-10-24-55(43)63-59(45)46/h1-36H. The Kier molecular flexibility index (Phi) is 7.76. The normalized spacial score (nSPS) is 12.1. The summed E-state index contributed by atoms with van der Waals surface area (Å²) < 4.78 is 10.3. The zero-order chi connectivity index (χ0) is 41.9. The van der Waals surface area contributed by atoms with Crippen LogP contribution in [0.5, 0.6) is 0 Å². The number of nitrogens with zero attached hydrogens (tertiary/aromatic N) is 2. The highest BCUT2D eigenvalue weighted by Gasteiger charge is 2.23. The Hall–Kier alpha value is -7.76. The maximum atomic E-state index is 2.54. The average Bonchev–Trinajstić information content (AvgIpc) is 4.12. The molecule has 4 aromatic heterocycles. The van der Waals surface area contributed by atoms with Gasteiger partial charge in [0.15, 0.2) is 0 Å². The molecule has 0 saturated carbocycles. The van der Waals surface area contributed by atoms with Crippen molar-refractivity contribution in [3.63, 3.8) is 0 Å². The smallest absolute Gasteiger partial charge is 0.0641 e. The van der Waals surface area contributed by atoms with Crippen LogP contribution in [0.15, 0.2) is 218 Å². The molecule has 0 aliphatic carbocycles. The summed E-state index contributed by atoms with van der Waals surface area (Å²) in [7, 11) is 0. The molecule has 14 rings (SSSR count). The Morgan fingerprint density at radius 2 is 0.828 bits per heavy atom. The lowest BCUT2D eigenvalue weighted by molar-refractivity contribution is 1.18. The Labute approximate surface area is 376 Å². The van der Waals surface area contributed by atoms with Crippen molar-refractivity contribution in [3.05, 3.63) is 218 Å². The van der Waals surface area contributed by atoms with E-state index < -0.39 is 0 Å². The van der Waals surface area contributed by atoms with E-state index in [1.54, 1.807) is 0 Å². The van der Waals surface area contributed by atoms with Crippen molar-refractivity contribution in [1.29, 1.82) is 0 Å². The molecule has 64 heavy (non-hydrogen) atoms. The highest BCUT2D eigenvalue weighted by atomic mass is 32.1. The minimum atomic E-state index is 1.15. The van der Waals surface area contributed by atoms with Crippen LogP contribution in [0.3, 0.4) is 0 Å². The second kappa shape index (κ2) is 13.9. The molecule has 0 fully saturated rings. The van der Waals surface area contributed by atoms with Crippen LogP contribution in [0, 0.1) is 0 Å². The zero-order valence-electron chi connectivity index (χ0n) is 34.5. The van der Waals surface area contributed by atoms with Crippen LogP contribution in [0.1, 0.15) is 0 Å². The van der Waals surface area contributed by atoms with E-state index in [1.807, 2.05) is 22.7 Å². The number of thiophene rings is 2. The van der Waals surface area contributed by atoms with E-state index in [0.29, 0.717) is 0 Å². The van der Waals surface area contributed by atoms with Crippen molar-refractivity contribution >= 4 is 107 Å². The number of aromatic nitrogens is 2. The summed E-state index contributed by atoms with van der Waals surface area (Å²) in [5.41, 5.74) is 14.6. The predicted octanol–water partition coefficient (Wildman–Crippen LogP) is 17.6. The fourth-order valence-corrected chi connectivity index (χ4v) is 12.9. The van der Waals surface area contributed by atoms with Gasteiger partial charge in [0, 0.05) is 84.4 Å². The molecule has 0 saturated heterocycles. The molecule has 298 valence electrons. The predicted molar refractivity (Wildman–Crippen MR) is 277 cm³/mol. The SMILES string of the molecule is c1ccc(-c2ccc(-n3c4ccccc4c4c3ccc3c5cc(-c6ccccc6)ccc5n(-c5ccc6sc7c(-c8cccc9c8sc8ccccc89)cccc7c6c5)c34)cc2)cc1. The molecule has 0 amide bonds. The lowest BCUT2D eigenvalue weighted by atomic mass is 10.0. The van der Waals surface area contributed by atoms with Gasteiger partial charge in [0.1, 0.15) is 0 Å². The van der Waals surface area contributed by atoms with Gasteiger partial charge < -0.3 is 9.13 Å². The van der Waals surface area contributed by atoms with Crippen molar-refractivity contribution in [3.8, 4) is 44.8 Å². The molecule has 4 heteroatoms. The summed E-state index contributed by atoms with van der Waals surface area (Å²) in [6.45, 7) is 0. The molecule has 14 aromatic rings. The molecule has 0 aliphatic heterocycles. The van der Waals surface area contributed by atoms with E-state index in [9.17, 15) is 0 Å². The molecule has 0 bridgehead atoms. The van der Waals surface area contributed by atoms with Gasteiger partial charge in [-0.2, -0.15) is 0 Å². The summed E-state index contributed by atoms with van der Waals surface area (Å²) in [5.74, 6) is 0. The van der Waals surface area contributed by atoms with Crippen molar-refractivity contribution in [2.45, 2.75) is 0 Å². The highest BCUT2D eigenvalue weighted by molar-refractivity contribution is 7.27. The van der Waals surface area contributed by atoms with Crippen LogP contribution < -0.4 is 0 Å². The second-order valence-electron chi connectivity index (χ2n) is 16.8. The van der Waals surface area contributed by atoms with Crippen LogP contribution in [0.2, 0.25) is 0 Å². The third-order valence-electron chi connectivity index (χ3n) is 13.3. The van der Waals surface area contributed by atoms with Crippen LogP contribution in [0.25, 0.3) is 129 Å². The van der Waals surface area contributed by atoms with Gasteiger partial charge in [0.25, 0.3) is 0 Å². The molecule has 0 atom stereocenters. The van der Waals surface area contributed by atoms with E-state index in [-0.39, 0.29) is 0 Å². The fraction of sp³-hybridized carbons (Fsp3) is 0. The molecule has 10 aromatic carbocycles. The van der Waals surface area contributed by atoms with Crippen LogP contribution >= 0.6 is 22.7 Å². The minimum Gasteiger partial charge on any atom is -0.309 e. The first-order valence-corrected chi connectivity index (χ1v) is 23.5. The summed E-state index contributed by atoms with van der Waals surface area (Å²) in [4.78, 5) is 0. The Balaban J connectivity index is 1.03. The quantitative estimate of drug-likeness (QED) is 0.163. The molecule has 2 nitrogen and oxygen atoms in total. The number of benzene rings is 10. The molecule has 0 spiro atoms. The lowest BCUT2D eigenvalue weighted by Gasteiger charge is -2.11. The fourth-order valence-electron chi connectivity index (χ4n) is 10.4. The van der Waals surface area contributed by atoms with Crippen molar-refractivity contribution in [2.75, 3.05) is 0 Å². The number of para-hydroxylation sites is 1. The third-order valence-corrected chi connectivity index (χ3v) is 15.8. The highest BCUT2D eigenvalue weighted by Crippen LogP contribution is 2.47. The lowest BCUT2D eigenvalue weighted by Crippen LogP contribution is -1.95. The monoisotopic (exact) mass is 848 g/mol. The Morgan fingerprint density at radius 1 is 0.281 bits per heavy atom. The number of rotatable bonds is 5. The summed E-state index contributed by atoms with van der Waals surface area (Å²) in [5, 5.41) is 10.2. The van der Waals surface area contributed by atoms with Crippen LogP contribution in [-0.4, -0.2) is 9.13 Å². The summed E-state index contributed by atoms with van der Waals surface area (Å²) in [6, 6.07) is 80.7. The molecule has 0 unspecified atom stereocenters. The Morgan fingerprint density at radius 3 is 1.58 bits per heavy atom. The molecular formula is C60H36N2S2. The van der Waals surface area contributed by atoms with E-state index in [4.69, 9.17) is 0 Å². The topological polar surface area (TPSA) is 9.86 Å². The summed E-state index contributed by atoms with van der Waals surface area (Å²) in [6.07, 6.45) is 0. The largest absolute Gasteiger partial charge is 0.309 e. The van der Waals surface area contributed by atoms with Gasteiger partial charge in [-0.25, -0.2) is 0 Å². The zero-order valence-corrected chi connectivity index (χ0v) is 36.1. The number of fused-ring (bicyclic) bond motifs is 13. The van der Waals surface area contributed by atoms with Crippen molar-refractivity contribution in [1.82, 2.24) is 9.13 Å². The molecule has 0 aliphatic rings. The average molecular weight is 849 g/mol. The third kappa shape index (κ3) is 5.24. The first-order chi connectivity index (χ1) is 31.7. The molecular weight excluding hydrogens is 813 g/mol. The van der Waals surface area contributed by atoms with E-state index in [1.165, 1.54) is 117 Å². The van der Waals surface area contributed by atoms with E-state index >= 15 is 0 Å². The van der Waals surface area contributed by atoms with Crippen molar-refractivity contribution < 1.29 is 0 Å². The van der Waals surface area contributed by atoms with Gasteiger partial charge in [-0.15, -0.1) is 22.7 Å². The van der Waals surface area contributed by atoms with Crippen molar-refractivity contribution in [2.24, 2.45) is 0 Å². The van der Waals surface area contributed by atoms with Gasteiger partial charge >= 0.3 is 0 Å². The molecule has 0 radical (unpaired) electrons. The van der Waals surface area contributed by atoms with Gasteiger partial charge in [0.05, 0.1) is 22.1 Å². The van der Waals surface area contributed by atoms with Gasteiger partial charge in [0.2, 0.25) is 0 Å².